The van der Waals surface area contributed by atoms with Crippen LogP contribution in [0.5, 0.6) is 0 Å². The summed E-state index contributed by atoms with van der Waals surface area (Å²) >= 11 is 0. The number of carbonyl (C=O) groups is 3. The molecule has 8 nitrogen and oxygen atoms in total. The number of anilines is 1. The Morgan fingerprint density at radius 2 is 1.82 bits per heavy atom. The highest BCUT2D eigenvalue weighted by Crippen LogP contribution is 2.39. The van der Waals surface area contributed by atoms with Crippen LogP contribution in [0, 0.1) is 20.8 Å². The molecule has 5 rings (SSSR count). The SMILES string of the molecule is Cc1ccc(-n2nc(C)c(NC(=O)CN3C(=O)NC4(CCCc5ccccc54)C3=O)c2C)cc1. The summed E-state index contributed by atoms with van der Waals surface area (Å²) in [5, 5.41) is 10.3. The molecule has 1 unspecified atom stereocenters. The number of fused-ring (bicyclic) bond motifs is 2. The number of aromatic nitrogens is 2. The number of nitrogens with one attached hydrogen (secondary N) is 2. The number of rotatable bonds is 4. The van der Waals surface area contributed by atoms with Gasteiger partial charge in [-0.2, -0.15) is 5.10 Å². The number of benzene rings is 2. The van der Waals surface area contributed by atoms with Crippen LogP contribution in [0.1, 0.15) is 40.9 Å². The lowest BCUT2D eigenvalue weighted by atomic mass is 9.76. The monoisotopic (exact) mass is 457 g/mol. The van der Waals surface area contributed by atoms with Crippen molar-refractivity contribution in [1.29, 1.82) is 0 Å². The van der Waals surface area contributed by atoms with Gasteiger partial charge in [-0.15, -0.1) is 0 Å². The smallest absolute Gasteiger partial charge is 0.321 e. The molecule has 1 spiro atoms. The third-order valence-corrected chi connectivity index (χ3v) is 6.79. The highest BCUT2D eigenvalue weighted by molar-refractivity contribution is 6.10. The molecular formula is C26H27N5O3. The van der Waals surface area contributed by atoms with Gasteiger partial charge in [0.1, 0.15) is 12.1 Å². The Hall–Kier alpha value is -3.94. The minimum Gasteiger partial charge on any atom is -0.321 e. The van der Waals surface area contributed by atoms with E-state index in [2.05, 4.69) is 15.7 Å². The quantitative estimate of drug-likeness (QED) is 0.586. The lowest BCUT2D eigenvalue weighted by Crippen LogP contribution is -2.47. The number of urea groups is 1. The predicted octanol–water partition coefficient (Wildman–Crippen LogP) is 3.52. The van der Waals surface area contributed by atoms with E-state index in [1.165, 1.54) is 0 Å². The second-order valence-electron chi connectivity index (χ2n) is 9.08. The predicted molar refractivity (Wildman–Crippen MR) is 128 cm³/mol. The molecule has 4 amide bonds. The van der Waals surface area contributed by atoms with E-state index in [0.29, 0.717) is 17.8 Å². The fraction of sp³-hybridized carbons (Fsp3) is 0.308. The van der Waals surface area contributed by atoms with E-state index in [4.69, 9.17) is 0 Å². The van der Waals surface area contributed by atoms with Gasteiger partial charge in [0, 0.05) is 0 Å². The van der Waals surface area contributed by atoms with Crippen molar-refractivity contribution in [2.75, 3.05) is 11.9 Å². The van der Waals surface area contributed by atoms with E-state index in [9.17, 15) is 14.4 Å². The summed E-state index contributed by atoms with van der Waals surface area (Å²) in [5.41, 5.74) is 4.83. The lowest BCUT2D eigenvalue weighted by Gasteiger charge is -2.33. The molecule has 1 atom stereocenters. The van der Waals surface area contributed by atoms with Crippen LogP contribution in [0.2, 0.25) is 0 Å². The van der Waals surface area contributed by atoms with Crippen LogP contribution in [0.25, 0.3) is 5.69 Å². The first kappa shape index (κ1) is 21.9. The topological polar surface area (TPSA) is 96.3 Å². The maximum atomic E-state index is 13.4. The second kappa shape index (κ2) is 8.13. The molecule has 0 radical (unpaired) electrons. The third-order valence-electron chi connectivity index (χ3n) is 6.79. The van der Waals surface area contributed by atoms with E-state index in [1.54, 1.807) is 4.68 Å². The van der Waals surface area contributed by atoms with Gasteiger partial charge in [-0.1, -0.05) is 42.0 Å². The summed E-state index contributed by atoms with van der Waals surface area (Å²) < 4.78 is 1.77. The van der Waals surface area contributed by atoms with E-state index < -0.39 is 17.5 Å². The van der Waals surface area contributed by atoms with E-state index >= 15 is 0 Å². The fourth-order valence-corrected chi connectivity index (χ4v) is 5.04. The number of nitrogens with zero attached hydrogens (tertiary/aromatic N) is 3. The highest BCUT2D eigenvalue weighted by Gasteiger charge is 2.54. The van der Waals surface area contributed by atoms with Gasteiger partial charge in [-0.25, -0.2) is 9.48 Å². The summed E-state index contributed by atoms with van der Waals surface area (Å²) in [5.74, 6) is -0.817. The van der Waals surface area contributed by atoms with Crippen molar-refractivity contribution in [3.63, 3.8) is 0 Å². The van der Waals surface area contributed by atoms with Crippen LogP contribution >= 0.6 is 0 Å². The van der Waals surface area contributed by atoms with Gasteiger partial charge in [0.25, 0.3) is 5.91 Å². The summed E-state index contributed by atoms with van der Waals surface area (Å²) in [6.07, 6.45) is 2.18. The largest absolute Gasteiger partial charge is 0.325 e. The number of amides is 4. The molecule has 0 bridgehead atoms. The van der Waals surface area contributed by atoms with Crippen molar-refractivity contribution in [2.24, 2.45) is 0 Å². The molecule has 3 aromatic rings. The Morgan fingerprint density at radius 3 is 2.59 bits per heavy atom. The Balaban J connectivity index is 1.36. The minimum atomic E-state index is -1.09. The van der Waals surface area contributed by atoms with Crippen LogP contribution in [-0.2, 0) is 21.5 Å². The second-order valence-corrected chi connectivity index (χ2v) is 9.08. The molecule has 2 heterocycles. The van der Waals surface area contributed by atoms with Gasteiger partial charge in [-0.3, -0.25) is 14.5 Å². The van der Waals surface area contributed by atoms with Gasteiger partial charge < -0.3 is 10.6 Å². The average molecular weight is 458 g/mol. The summed E-state index contributed by atoms with van der Waals surface area (Å²) in [6, 6.07) is 15.1. The molecule has 174 valence electrons. The van der Waals surface area contributed by atoms with Crippen molar-refractivity contribution < 1.29 is 14.4 Å². The van der Waals surface area contributed by atoms with Gasteiger partial charge in [0.05, 0.1) is 22.8 Å². The summed E-state index contributed by atoms with van der Waals surface area (Å²) in [6.45, 7) is 5.34. The first-order valence-electron chi connectivity index (χ1n) is 11.5. The minimum absolute atomic E-state index is 0.358. The summed E-state index contributed by atoms with van der Waals surface area (Å²) in [4.78, 5) is 40.2. The van der Waals surface area contributed by atoms with Crippen molar-refractivity contribution in [1.82, 2.24) is 20.0 Å². The van der Waals surface area contributed by atoms with E-state index in [1.807, 2.05) is 69.3 Å². The van der Waals surface area contributed by atoms with Crippen molar-refractivity contribution in [3.05, 3.63) is 76.6 Å². The first-order valence-corrected chi connectivity index (χ1v) is 11.5. The van der Waals surface area contributed by atoms with Crippen molar-refractivity contribution >= 4 is 23.5 Å². The molecule has 1 aliphatic heterocycles. The van der Waals surface area contributed by atoms with Crippen molar-refractivity contribution in [2.45, 2.75) is 45.6 Å². The van der Waals surface area contributed by atoms with Crippen LogP contribution in [0.4, 0.5) is 10.5 Å². The molecule has 2 aromatic carbocycles. The van der Waals surface area contributed by atoms with Gasteiger partial charge >= 0.3 is 6.03 Å². The third kappa shape index (κ3) is 3.46. The molecule has 1 saturated heterocycles. The molecule has 1 aliphatic carbocycles. The van der Waals surface area contributed by atoms with Crippen molar-refractivity contribution in [3.8, 4) is 5.69 Å². The molecule has 1 aromatic heterocycles. The molecule has 2 aliphatic rings. The van der Waals surface area contributed by atoms with Gasteiger partial charge in [-0.05, 0) is 63.3 Å². The maximum Gasteiger partial charge on any atom is 0.325 e. The molecule has 8 heteroatoms. The number of imide groups is 1. The van der Waals surface area contributed by atoms with Crippen LogP contribution < -0.4 is 10.6 Å². The molecular weight excluding hydrogens is 430 g/mol. The van der Waals surface area contributed by atoms with Crippen LogP contribution in [0.3, 0.4) is 0 Å². The number of aryl methyl sites for hydroxylation is 3. The number of hydrogen-bond donors (Lipinski definition) is 2. The number of hydrogen-bond acceptors (Lipinski definition) is 4. The molecule has 0 saturated carbocycles. The lowest BCUT2D eigenvalue weighted by molar-refractivity contribution is -0.134. The number of carbonyl (C=O) groups excluding carboxylic acids is 3. The first-order chi connectivity index (χ1) is 16.3. The van der Waals surface area contributed by atoms with E-state index in [0.717, 1.165) is 45.8 Å². The van der Waals surface area contributed by atoms with Gasteiger partial charge in [0.15, 0.2) is 0 Å². The average Bonchev–Trinajstić information content (AvgIpc) is 3.23. The molecule has 1 fully saturated rings. The van der Waals surface area contributed by atoms with Crippen LogP contribution in [0.15, 0.2) is 48.5 Å². The zero-order chi connectivity index (χ0) is 24.0. The Kier molecular flexibility index (Phi) is 5.23. The fourth-order valence-electron chi connectivity index (χ4n) is 5.04. The van der Waals surface area contributed by atoms with Gasteiger partial charge in [0.2, 0.25) is 5.91 Å². The molecule has 34 heavy (non-hydrogen) atoms. The zero-order valence-electron chi connectivity index (χ0n) is 19.5. The summed E-state index contributed by atoms with van der Waals surface area (Å²) in [7, 11) is 0. The Labute approximate surface area is 197 Å². The Bertz CT molecular complexity index is 1310. The maximum absolute atomic E-state index is 13.4. The van der Waals surface area contributed by atoms with Crippen LogP contribution in [-0.4, -0.2) is 39.1 Å². The highest BCUT2D eigenvalue weighted by atomic mass is 16.2. The normalized spacial score (nSPS) is 19.3. The molecule has 2 N–H and O–H groups in total. The van der Waals surface area contributed by atoms with E-state index in [-0.39, 0.29) is 12.5 Å². The zero-order valence-corrected chi connectivity index (χ0v) is 19.5. The Morgan fingerprint density at radius 1 is 1.09 bits per heavy atom. The standard InChI is InChI=1S/C26H27N5O3/c1-16-10-12-20(13-11-16)31-18(3)23(17(2)29-31)27-22(32)15-30-24(33)26(28-25(30)34)14-6-8-19-7-4-5-9-21(19)26/h4-5,7,9-13H,6,8,14-15H2,1-3H3,(H,27,32)(H,28,34).